The summed E-state index contributed by atoms with van der Waals surface area (Å²) in [5.41, 5.74) is 1.77. The predicted octanol–water partition coefficient (Wildman–Crippen LogP) is 2.39. The summed E-state index contributed by atoms with van der Waals surface area (Å²) in [4.78, 5) is 17.6. The Morgan fingerprint density at radius 3 is 2.60 bits per heavy atom. The summed E-state index contributed by atoms with van der Waals surface area (Å²) >= 11 is 1.48. The lowest BCUT2D eigenvalue weighted by Crippen LogP contribution is -2.30. The maximum Gasteiger partial charge on any atom is 0.242 e. The molecule has 1 unspecified atom stereocenters. The zero-order chi connectivity index (χ0) is 14.7. The van der Waals surface area contributed by atoms with E-state index in [1.807, 2.05) is 32.9 Å². The smallest absolute Gasteiger partial charge is 0.242 e. The molecule has 1 fully saturated rings. The minimum atomic E-state index is -0.0600. The summed E-state index contributed by atoms with van der Waals surface area (Å²) in [7, 11) is 1.74. The first-order valence-corrected chi connectivity index (χ1v) is 7.35. The molecule has 1 aromatic rings. The zero-order valence-corrected chi connectivity index (χ0v) is 12.9. The van der Waals surface area contributed by atoms with E-state index in [-0.39, 0.29) is 17.1 Å². The summed E-state index contributed by atoms with van der Waals surface area (Å²) in [6.07, 6.45) is 3.44. The predicted molar refractivity (Wildman–Crippen MR) is 82.9 cm³/mol. The molecular weight excluding hydrogens is 272 g/mol. The molecule has 0 radical (unpaired) electrons. The summed E-state index contributed by atoms with van der Waals surface area (Å²) in [5, 5.41) is 9.03. The second-order valence-electron chi connectivity index (χ2n) is 4.98. The Morgan fingerprint density at radius 1 is 1.40 bits per heavy atom. The molecule has 2 heterocycles. The van der Waals surface area contributed by atoms with E-state index in [0.717, 1.165) is 11.3 Å². The number of rotatable bonds is 3. The molecule has 0 saturated carbocycles. The highest BCUT2D eigenvalue weighted by molar-refractivity contribution is 8.15. The second kappa shape index (κ2) is 6.17. The van der Waals surface area contributed by atoms with Gasteiger partial charge < -0.3 is 0 Å². The number of hydrogen-bond acceptors (Lipinski definition) is 5. The number of amidine groups is 1. The second-order valence-corrected chi connectivity index (χ2v) is 6.09. The van der Waals surface area contributed by atoms with Crippen LogP contribution < -0.4 is 0 Å². The van der Waals surface area contributed by atoms with Gasteiger partial charge in [0.2, 0.25) is 5.91 Å². The van der Waals surface area contributed by atoms with Crippen molar-refractivity contribution >= 4 is 28.5 Å². The van der Waals surface area contributed by atoms with Crippen LogP contribution in [0.3, 0.4) is 0 Å². The maximum atomic E-state index is 12.0. The van der Waals surface area contributed by atoms with Crippen molar-refractivity contribution in [2.75, 3.05) is 7.05 Å². The van der Waals surface area contributed by atoms with Crippen molar-refractivity contribution < 1.29 is 4.79 Å². The first kappa shape index (κ1) is 14.7. The van der Waals surface area contributed by atoms with E-state index in [1.165, 1.54) is 11.8 Å². The molecule has 2 rings (SSSR count). The van der Waals surface area contributed by atoms with Gasteiger partial charge in [0, 0.05) is 25.0 Å². The van der Waals surface area contributed by atoms with Gasteiger partial charge in [0.1, 0.15) is 0 Å². The van der Waals surface area contributed by atoms with Crippen molar-refractivity contribution in [3.05, 3.63) is 30.1 Å². The molecule has 0 aromatic carbocycles. The van der Waals surface area contributed by atoms with E-state index in [0.29, 0.717) is 5.17 Å². The van der Waals surface area contributed by atoms with Crippen LogP contribution in [-0.4, -0.2) is 39.0 Å². The number of carbonyl (C=O) groups excluding carboxylic acids is 1. The topological polar surface area (TPSA) is 57.9 Å². The van der Waals surface area contributed by atoms with Crippen molar-refractivity contribution in [3.8, 4) is 0 Å². The third-order valence-electron chi connectivity index (χ3n) is 3.08. The van der Waals surface area contributed by atoms with Crippen molar-refractivity contribution in [2.24, 2.45) is 16.1 Å². The number of amides is 1. The molecular formula is C14H18N4OS. The van der Waals surface area contributed by atoms with Crippen LogP contribution in [0.4, 0.5) is 0 Å². The van der Waals surface area contributed by atoms with Crippen LogP contribution in [0.5, 0.6) is 0 Å². The zero-order valence-electron chi connectivity index (χ0n) is 12.1. The Labute approximate surface area is 123 Å². The molecule has 1 atom stereocenters. The van der Waals surface area contributed by atoms with Crippen LogP contribution in [0.2, 0.25) is 0 Å². The lowest BCUT2D eigenvalue weighted by atomic mass is 10.1. The van der Waals surface area contributed by atoms with Gasteiger partial charge in [0.25, 0.3) is 0 Å². The average molecular weight is 290 g/mol. The van der Waals surface area contributed by atoms with Crippen LogP contribution in [-0.2, 0) is 4.79 Å². The summed E-state index contributed by atoms with van der Waals surface area (Å²) in [6.45, 7) is 5.97. The van der Waals surface area contributed by atoms with Crippen molar-refractivity contribution in [2.45, 2.75) is 26.0 Å². The standard InChI is InChI=1S/C14H18N4OS/c1-9(2)12-13(19)18(4)14(20-12)17-16-10(3)11-5-7-15-8-6-11/h5-9,12H,1-4H3/b16-10+,17-14+. The van der Waals surface area contributed by atoms with Crippen molar-refractivity contribution in [1.29, 1.82) is 0 Å². The Kier molecular flexibility index (Phi) is 4.54. The van der Waals surface area contributed by atoms with Crippen LogP contribution in [0.15, 0.2) is 34.7 Å². The van der Waals surface area contributed by atoms with Gasteiger partial charge >= 0.3 is 0 Å². The Balaban J connectivity index is 2.18. The first-order chi connectivity index (χ1) is 9.50. The minimum absolute atomic E-state index is 0.0600. The lowest BCUT2D eigenvalue weighted by molar-refractivity contribution is -0.125. The monoisotopic (exact) mass is 290 g/mol. The summed E-state index contributed by atoms with van der Waals surface area (Å²) in [6, 6.07) is 3.76. The van der Waals surface area contributed by atoms with E-state index in [1.54, 1.807) is 24.3 Å². The van der Waals surface area contributed by atoms with Crippen LogP contribution >= 0.6 is 11.8 Å². The van der Waals surface area contributed by atoms with Gasteiger partial charge in [0.15, 0.2) is 5.17 Å². The highest BCUT2D eigenvalue weighted by Gasteiger charge is 2.37. The molecule has 106 valence electrons. The molecule has 0 aliphatic carbocycles. The summed E-state index contributed by atoms with van der Waals surface area (Å²) < 4.78 is 0. The minimum Gasteiger partial charge on any atom is -0.292 e. The molecule has 1 aliphatic rings. The fourth-order valence-electron chi connectivity index (χ4n) is 1.81. The third-order valence-corrected chi connectivity index (χ3v) is 4.65. The SMILES string of the molecule is C/C(=N\N=C1\SC(C(C)C)C(=O)N1C)c1ccncc1. The Bertz CT molecular complexity index is 554. The fourth-order valence-corrected chi connectivity index (χ4v) is 2.90. The van der Waals surface area contributed by atoms with Gasteiger partial charge in [-0.3, -0.25) is 14.7 Å². The number of pyridine rings is 1. The largest absolute Gasteiger partial charge is 0.292 e. The van der Waals surface area contributed by atoms with Gasteiger partial charge in [0.05, 0.1) is 11.0 Å². The first-order valence-electron chi connectivity index (χ1n) is 6.47. The molecule has 20 heavy (non-hydrogen) atoms. The molecule has 0 bridgehead atoms. The Hall–Kier alpha value is -1.69. The third kappa shape index (κ3) is 3.07. The van der Waals surface area contributed by atoms with Crippen LogP contribution in [0.1, 0.15) is 26.3 Å². The van der Waals surface area contributed by atoms with E-state index in [9.17, 15) is 4.79 Å². The molecule has 6 heteroatoms. The van der Waals surface area contributed by atoms with Gasteiger partial charge in [-0.2, -0.15) is 5.10 Å². The number of hydrogen-bond donors (Lipinski definition) is 0. The van der Waals surface area contributed by atoms with Gasteiger partial charge in [-0.05, 0) is 25.0 Å². The average Bonchev–Trinajstić information content (AvgIpc) is 2.74. The van der Waals surface area contributed by atoms with Gasteiger partial charge in [-0.25, -0.2) is 0 Å². The lowest BCUT2D eigenvalue weighted by Gasteiger charge is -2.10. The molecule has 1 saturated heterocycles. The van der Waals surface area contributed by atoms with Crippen molar-refractivity contribution in [3.63, 3.8) is 0 Å². The van der Waals surface area contributed by atoms with E-state index in [4.69, 9.17) is 0 Å². The van der Waals surface area contributed by atoms with Gasteiger partial charge in [-0.15, -0.1) is 5.10 Å². The Morgan fingerprint density at radius 2 is 2.05 bits per heavy atom. The number of carbonyl (C=O) groups is 1. The van der Waals surface area contributed by atoms with E-state index < -0.39 is 0 Å². The van der Waals surface area contributed by atoms with Crippen molar-refractivity contribution in [1.82, 2.24) is 9.88 Å². The number of thioether (sulfide) groups is 1. The van der Waals surface area contributed by atoms with Gasteiger partial charge in [-0.1, -0.05) is 25.6 Å². The molecule has 1 aliphatic heterocycles. The number of nitrogens with zero attached hydrogens (tertiary/aromatic N) is 4. The molecule has 5 nitrogen and oxygen atoms in total. The van der Waals surface area contributed by atoms with E-state index in [2.05, 4.69) is 15.2 Å². The highest BCUT2D eigenvalue weighted by Crippen LogP contribution is 2.31. The number of aromatic nitrogens is 1. The quantitative estimate of drug-likeness (QED) is 0.634. The van der Waals surface area contributed by atoms with Crippen LogP contribution in [0.25, 0.3) is 0 Å². The maximum absolute atomic E-state index is 12.0. The molecule has 1 amide bonds. The molecule has 0 spiro atoms. The molecule has 0 N–H and O–H groups in total. The normalized spacial score (nSPS) is 22.1. The molecule has 1 aromatic heterocycles. The van der Waals surface area contributed by atoms with Crippen LogP contribution in [0, 0.1) is 5.92 Å². The fraction of sp³-hybridized carbons (Fsp3) is 0.429. The highest BCUT2D eigenvalue weighted by atomic mass is 32.2. The summed E-state index contributed by atoms with van der Waals surface area (Å²) in [5.74, 6) is 0.383. The van der Waals surface area contributed by atoms with E-state index >= 15 is 0 Å².